The maximum Gasteiger partial charge on any atom is 0.157 e. The highest BCUT2D eigenvalue weighted by molar-refractivity contribution is 5.00. The van der Waals surface area contributed by atoms with E-state index in [-0.39, 0.29) is 6.42 Å². The minimum atomic E-state index is -1.43. The molecule has 0 fully saturated rings. The van der Waals surface area contributed by atoms with E-state index in [1.165, 1.54) is 6.08 Å². The van der Waals surface area contributed by atoms with Crippen molar-refractivity contribution in [2.75, 3.05) is 0 Å². The highest BCUT2D eigenvalue weighted by atomic mass is 19.2. The molecule has 0 radical (unpaired) electrons. The summed E-state index contributed by atoms with van der Waals surface area (Å²) in [5, 5.41) is 0. The highest BCUT2D eigenvalue weighted by Gasteiger charge is 2.17. The molecule has 0 heterocycles. The number of halogens is 2. The Bertz CT molecular complexity index is 133. The van der Waals surface area contributed by atoms with Crippen LogP contribution in [0.1, 0.15) is 6.42 Å². The van der Waals surface area contributed by atoms with E-state index in [4.69, 9.17) is 0 Å². The van der Waals surface area contributed by atoms with Gasteiger partial charge in [-0.2, -0.15) is 0 Å². The van der Waals surface area contributed by atoms with Gasteiger partial charge in [0.15, 0.2) is 6.17 Å². The third kappa shape index (κ3) is 0.958. The standard InChI is InChI=1S/C6H6F2/c7-5-3-1-2-4-6(5)8/h1,4-6H,3H2. The molecule has 44 valence electrons. The maximum absolute atomic E-state index is 12.1. The fourth-order valence-corrected chi connectivity index (χ4v) is 0.575. The molecule has 0 N–H and O–H groups in total. The maximum atomic E-state index is 12.1. The van der Waals surface area contributed by atoms with Gasteiger partial charge in [-0.3, -0.25) is 0 Å². The summed E-state index contributed by atoms with van der Waals surface area (Å²) in [5.41, 5.74) is 2.50. The van der Waals surface area contributed by atoms with Crippen LogP contribution in [0.5, 0.6) is 0 Å². The molecule has 0 saturated carbocycles. The molecule has 1 aliphatic carbocycles. The Morgan fingerprint density at radius 1 is 1.50 bits per heavy atom. The fraction of sp³-hybridized carbons (Fsp3) is 0.500. The molecule has 1 rings (SSSR count). The van der Waals surface area contributed by atoms with Gasteiger partial charge in [-0.1, -0.05) is 0 Å². The van der Waals surface area contributed by atoms with Crippen LogP contribution in [0.15, 0.2) is 17.9 Å². The van der Waals surface area contributed by atoms with Gasteiger partial charge in [0.2, 0.25) is 0 Å². The predicted molar refractivity (Wildman–Crippen MR) is 27.1 cm³/mol. The third-order valence-electron chi connectivity index (χ3n) is 1.06. The first-order chi connectivity index (χ1) is 3.80. The van der Waals surface area contributed by atoms with Crippen molar-refractivity contribution in [1.82, 2.24) is 0 Å². The molecule has 0 nitrogen and oxygen atoms in total. The van der Waals surface area contributed by atoms with Crippen LogP contribution in [0, 0.1) is 0 Å². The predicted octanol–water partition coefficient (Wildman–Crippen LogP) is 1.78. The molecule has 2 heteroatoms. The molecule has 2 atom stereocenters. The van der Waals surface area contributed by atoms with Crippen molar-refractivity contribution in [2.24, 2.45) is 0 Å². The first-order valence-corrected chi connectivity index (χ1v) is 2.50. The topological polar surface area (TPSA) is 0 Å². The molecular weight excluding hydrogens is 110 g/mol. The average Bonchev–Trinajstić information content (AvgIpc) is 1.77. The van der Waals surface area contributed by atoms with Gasteiger partial charge >= 0.3 is 0 Å². The van der Waals surface area contributed by atoms with Gasteiger partial charge < -0.3 is 0 Å². The van der Waals surface area contributed by atoms with E-state index in [9.17, 15) is 8.78 Å². The molecule has 0 aromatic carbocycles. The molecule has 1 aliphatic rings. The van der Waals surface area contributed by atoms with Crippen LogP contribution >= 0.6 is 0 Å². The average molecular weight is 116 g/mol. The second-order valence-electron chi connectivity index (χ2n) is 1.73. The van der Waals surface area contributed by atoms with Gasteiger partial charge in [0.1, 0.15) is 6.17 Å². The minimum absolute atomic E-state index is 0.164. The van der Waals surface area contributed by atoms with Gasteiger partial charge in [-0.05, 0) is 12.2 Å². The molecule has 2 unspecified atom stereocenters. The highest BCUT2D eigenvalue weighted by Crippen LogP contribution is 2.12. The van der Waals surface area contributed by atoms with Crippen molar-refractivity contribution in [1.29, 1.82) is 0 Å². The van der Waals surface area contributed by atoms with Crippen molar-refractivity contribution in [3.05, 3.63) is 17.9 Å². The summed E-state index contributed by atoms with van der Waals surface area (Å²) in [7, 11) is 0. The van der Waals surface area contributed by atoms with Gasteiger partial charge in [0.05, 0.1) is 0 Å². The molecule has 0 aromatic heterocycles. The Morgan fingerprint density at radius 2 is 2.25 bits per heavy atom. The van der Waals surface area contributed by atoms with E-state index in [2.05, 4.69) is 5.73 Å². The van der Waals surface area contributed by atoms with Crippen LogP contribution < -0.4 is 0 Å². The van der Waals surface area contributed by atoms with Gasteiger partial charge in [0.25, 0.3) is 0 Å². The molecule has 8 heavy (non-hydrogen) atoms. The van der Waals surface area contributed by atoms with Crippen molar-refractivity contribution in [2.45, 2.75) is 18.8 Å². The van der Waals surface area contributed by atoms with E-state index in [1.54, 1.807) is 0 Å². The molecule has 0 aliphatic heterocycles. The lowest BCUT2D eigenvalue weighted by Gasteiger charge is -2.07. The second-order valence-corrected chi connectivity index (χ2v) is 1.73. The number of hydrogen-bond donors (Lipinski definition) is 0. The fourth-order valence-electron chi connectivity index (χ4n) is 0.575. The molecular formula is C6H6F2. The second kappa shape index (κ2) is 2.10. The zero-order valence-electron chi connectivity index (χ0n) is 4.27. The summed E-state index contributed by atoms with van der Waals surface area (Å²) in [5.74, 6) is 0. The van der Waals surface area contributed by atoms with E-state index >= 15 is 0 Å². The van der Waals surface area contributed by atoms with Crippen LogP contribution in [-0.4, -0.2) is 12.3 Å². The Labute approximate surface area is 46.5 Å². The Balaban J connectivity index is 2.62. The lowest BCUT2D eigenvalue weighted by molar-refractivity contribution is 0.204. The van der Waals surface area contributed by atoms with Crippen LogP contribution in [0.3, 0.4) is 0 Å². The van der Waals surface area contributed by atoms with E-state index in [0.29, 0.717) is 0 Å². The SMILES string of the molecule is FC1C=C=CCC1F. The zero-order chi connectivity index (χ0) is 5.98. The summed E-state index contributed by atoms with van der Waals surface area (Å²) >= 11 is 0. The van der Waals surface area contributed by atoms with Crippen LogP contribution in [0.2, 0.25) is 0 Å². The first-order valence-electron chi connectivity index (χ1n) is 2.50. The molecule has 0 aromatic rings. The normalized spacial score (nSPS) is 35.8. The van der Waals surface area contributed by atoms with Crippen molar-refractivity contribution in [3.8, 4) is 0 Å². The Kier molecular flexibility index (Phi) is 1.45. The van der Waals surface area contributed by atoms with Crippen LogP contribution in [-0.2, 0) is 0 Å². The summed E-state index contributed by atoms with van der Waals surface area (Å²) in [6, 6.07) is 0. The largest absolute Gasteiger partial charge is 0.244 e. The van der Waals surface area contributed by atoms with Gasteiger partial charge in [-0.25, -0.2) is 8.78 Å². The number of rotatable bonds is 0. The molecule has 0 bridgehead atoms. The quantitative estimate of drug-likeness (QED) is 0.423. The lowest BCUT2D eigenvalue weighted by Crippen LogP contribution is -2.14. The van der Waals surface area contributed by atoms with Crippen molar-refractivity contribution < 1.29 is 8.78 Å². The van der Waals surface area contributed by atoms with Crippen molar-refractivity contribution >= 4 is 0 Å². The molecule has 0 amide bonds. The van der Waals surface area contributed by atoms with E-state index in [1.807, 2.05) is 0 Å². The van der Waals surface area contributed by atoms with Gasteiger partial charge in [-0.15, -0.1) is 5.73 Å². The molecule has 0 spiro atoms. The summed E-state index contributed by atoms with van der Waals surface area (Å²) < 4.78 is 24.2. The number of alkyl halides is 2. The van der Waals surface area contributed by atoms with E-state index < -0.39 is 12.3 Å². The summed E-state index contributed by atoms with van der Waals surface area (Å²) in [6.45, 7) is 0. The first kappa shape index (κ1) is 5.52. The van der Waals surface area contributed by atoms with Crippen LogP contribution in [0.25, 0.3) is 0 Å². The molecule has 0 saturated heterocycles. The van der Waals surface area contributed by atoms with Crippen molar-refractivity contribution in [3.63, 3.8) is 0 Å². The number of hydrogen-bond acceptors (Lipinski definition) is 0. The Morgan fingerprint density at radius 3 is 2.62 bits per heavy atom. The number of allylic oxidation sites excluding steroid dienone is 1. The third-order valence-corrected chi connectivity index (χ3v) is 1.06. The smallest absolute Gasteiger partial charge is 0.157 e. The minimum Gasteiger partial charge on any atom is -0.244 e. The van der Waals surface area contributed by atoms with Crippen LogP contribution in [0.4, 0.5) is 8.78 Å². The summed E-state index contributed by atoms with van der Waals surface area (Å²) in [6.07, 6.45) is 0.00306. The monoisotopic (exact) mass is 116 g/mol. The summed E-state index contributed by atoms with van der Waals surface area (Å²) in [4.78, 5) is 0. The Hall–Kier alpha value is -0.620. The lowest BCUT2D eigenvalue weighted by atomic mass is 10.1. The van der Waals surface area contributed by atoms with Gasteiger partial charge in [0, 0.05) is 6.42 Å². The van der Waals surface area contributed by atoms with E-state index in [0.717, 1.165) is 6.08 Å². The zero-order valence-corrected chi connectivity index (χ0v) is 4.27.